The molecule has 10 heteroatoms. The second-order valence-corrected chi connectivity index (χ2v) is 8.47. The Kier molecular flexibility index (Phi) is 6.07. The summed E-state index contributed by atoms with van der Waals surface area (Å²) in [7, 11) is -5.52. The van der Waals surface area contributed by atoms with Gasteiger partial charge in [-0.05, 0) is 86.8 Å². The highest BCUT2D eigenvalue weighted by molar-refractivity contribution is 14.1. The van der Waals surface area contributed by atoms with Crippen LogP contribution in [0.2, 0.25) is 0 Å². The molecule has 0 radical (unpaired) electrons. The number of benzene rings is 1. The van der Waals surface area contributed by atoms with Gasteiger partial charge in [-0.1, -0.05) is 0 Å². The molecule has 0 aliphatic carbocycles. The fraction of sp³-hybridized carbons (Fsp3) is 0.333. The van der Waals surface area contributed by atoms with Crippen molar-refractivity contribution in [3.05, 3.63) is 22.8 Å². The minimum Gasteiger partial charge on any atom is -0.482 e. The lowest BCUT2D eigenvalue weighted by atomic mass is 10.3. The van der Waals surface area contributed by atoms with E-state index in [4.69, 9.17) is 9.29 Å². The van der Waals surface area contributed by atoms with E-state index in [-0.39, 0.29) is 5.75 Å². The van der Waals surface area contributed by atoms with E-state index < -0.39 is 21.5 Å². The largest absolute Gasteiger partial charge is 0.482 e. The van der Waals surface area contributed by atoms with Gasteiger partial charge in [0.05, 0.1) is 3.57 Å². The predicted octanol–water partition coefficient (Wildman–Crippen LogP) is 3.75. The van der Waals surface area contributed by atoms with E-state index in [0.717, 1.165) is 14.1 Å². The maximum atomic E-state index is 13.4. The van der Waals surface area contributed by atoms with Crippen LogP contribution in [-0.4, -0.2) is 24.3 Å². The summed E-state index contributed by atoms with van der Waals surface area (Å²) >= 11 is 5.98. The van der Waals surface area contributed by atoms with Crippen LogP contribution >= 0.6 is 67.8 Å². The summed E-state index contributed by atoms with van der Waals surface area (Å²) in [5, 5.41) is -4.37. The van der Waals surface area contributed by atoms with Crippen molar-refractivity contribution in [2.24, 2.45) is 0 Å². The zero-order chi connectivity index (χ0) is 15.0. The molecule has 0 heterocycles. The molecule has 0 saturated carbocycles. The van der Waals surface area contributed by atoms with E-state index in [1.165, 1.54) is 6.07 Å². The van der Waals surface area contributed by atoms with Crippen molar-refractivity contribution in [3.63, 3.8) is 0 Å². The molecule has 0 bridgehead atoms. The van der Waals surface area contributed by atoms with Crippen LogP contribution in [0.15, 0.2) is 12.1 Å². The smallest absolute Gasteiger partial charge is 0.405 e. The Balaban J connectivity index is 3.07. The molecule has 0 aliphatic heterocycles. The fourth-order valence-electron chi connectivity index (χ4n) is 1.06. The first-order chi connectivity index (χ1) is 8.46. The number of ether oxygens (including phenoxy) is 1. The van der Waals surface area contributed by atoms with Crippen LogP contribution < -0.4 is 4.74 Å². The van der Waals surface area contributed by atoms with Gasteiger partial charge in [0.2, 0.25) is 0 Å². The number of hydrogen-bond acceptors (Lipinski definition) is 3. The number of rotatable bonds is 4. The van der Waals surface area contributed by atoms with Crippen LogP contribution in [0.3, 0.4) is 0 Å². The molecule has 1 aromatic carbocycles. The lowest BCUT2D eigenvalue weighted by Gasteiger charge is -2.22. The van der Waals surface area contributed by atoms with E-state index in [9.17, 15) is 17.2 Å². The predicted molar refractivity (Wildman–Crippen MR) is 91.2 cm³/mol. The molecule has 1 rings (SSSR count). The third kappa shape index (κ3) is 4.23. The molecule has 0 fully saturated rings. The zero-order valence-corrected chi connectivity index (χ0v) is 16.5. The second-order valence-electron chi connectivity index (χ2n) is 3.49. The summed E-state index contributed by atoms with van der Waals surface area (Å²) < 4.78 is 63.7. The Labute approximate surface area is 149 Å². The highest BCUT2D eigenvalue weighted by Crippen LogP contribution is 2.32. The average molecular weight is 630 g/mol. The maximum absolute atomic E-state index is 13.4. The Morgan fingerprint density at radius 1 is 1.21 bits per heavy atom. The van der Waals surface area contributed by atoms with Crippen molar-refractivity contribution in [1.29, 1.82) is 0 Å². The standard InChI is InChI=1S/C9H7F2I3O4S/c1-4(9(10,11)19(15,16)17)18-8-3-6(13)5(12)2-7(8)14/h2-4H,1H3,(H,15,16,17). The van der Waals surface area contributed by atoms with Gasteiger partial charge in [0, 0.05) is 7.14 Å². The molecular formula is C9H7F2I3O4S. The summed E-state index contributed by atoms with van der Waals surface area (Å²) in [4.78, 5) is 0. The topological polar surface area (TPSA) is 63.6 Å². The van der Waals surface area contributed by atoms with Crippen molar-refractivity contribution in [3.8, 4) is 5.75 Å². The monoisotopic (exact) mass is 630 g/mol. The third-order valence-electron chi connectivity index (χ3n) is 2.10. The number of hydrogen-bond donors (Lipinski definition) is 1. The minimum atomic E-state index is -5.52. The molecule has 19 heavy (non-hydrogen) atoms. The Morgan fingerprint density at radius 3 is 2.16 bits per heavy atom. The summed E-state index contributed by atoms with van der Waals surface area (Å²) in [5.41, 5.74) is 0. The lowest BCUT2D eigenvalue weighted by Crippen LogP contribution is -2.42. The van der Waals surface area contributed by atoms with Crippen LogP contribution in [0.4, 0.5) is 8.78 Å². The highest BCUT2D eigenvalue weighted by Gasteiger charge is 2.51. The second kappa shape index (κ2) is 6.39. The van der Waals surface area contributed by atoms with E-state index >= 15 is 0 Å². The van der Waals surface area contributed by atoms with Gasteiger partial charge in [0.25, 0.3) is 0 Å². The van der Waals surface area contributed by atoms with Gasteiger partial charge in [0.15, 0.2) is 6.10 Å². The van der Waals surface area contributed by atoms with Gasteiger partial charge in [-0.2, -0.15) is 17.2 Å². The first kappa shape index (κ1) is 18.0. The minimum absolute atomic E-state index is 0.140. The molecular weight excluding hydrogens is 623 g/mol. The van der Waals surface area contributed by atoms with Crippen molar-refractivity contribution >= 4 is 77.9 Å². The average Bonchev–Trinajstić information content (AvgIpc) is 2.24. The van der Waals surface area contributed by atoms with E-state index in [1.807, 2.05) is 45.2 Å². The van der Waals surface area contributed by atoms with Gasteiger partial charge in [-0.15, -0.1) is 0 Å². The van der Waals surface area contributed by atoms with Crippen LogP contribution in [0.25, 0.3) is 0 Å². The van der Waals surface area contributed by atoms with Crippen LogP contribution in [0.5, 0.6) is 5.75 Å². The molecule has 1 atom stereocenters. The molecule has 1 aromatic rings. The summed E-state index contributed by atoms with van der Waals surface area (Å²) in [6.45, 7) is 0.884. The summed E-state index contributed by atoms with van der Waals surface area (Å²) in [5.74, 6) is 0.140. The molecule has 0 saturated heterocycles. The normalized spacial score (nSPS) is 14.3. The SMILES string of the molecule is CC(Oc1cc(I)c(I)cc1I)C(F)(F)S(=O)(=O)O. The van der Waals surface area contributed by atoms with Crippen LogP contribution in [0.1, 0.15) is 6.92 Å². The number of halogens is 5. The number of alkyl halides is 2. The van der Waals surface area contributed by atoms with Crippen LogP contribution in [-0.2, 0) is 10.1 Å². The Morgan fingerprint density at radius 2 is 1.68 bits per heavy atom. The van der Waals surface area contributed by atoms with E-state index in [0.29, 0.717) is 3.57 Å². The van der Waals surface area contributed by atoms with E-state index in [1.54, 1.807) is 6.07 Å². The molecule has 1 unspecified atom stereocenters. The molecule has 1 N–H and O–H groups in total. The lowest BCUT2D eigenvalue weighted by molar-refractivity contribution is -0.0239. The first-order valence-corrected chi connectivity index (χ1v) is 9.30. The zero-order valence-electron chi connectivity index (χ0n) is 9.20. The van der Waals surface area contributed by atoms with Crippen LogP contribution in [0, 0.1) is 10.7 Å². The van der Waals surface area contributed by atoms with Gasteiger partial charge in [-0.3, -0.25) is 4.55 Å². The molecule has 4 nitrogen and oxygen atoms in total. The highest BCUT2D eigenvalue weighted by atomic mass is 127. The Hall–Kier alpha value is 0.980. The molecule has 0 aromatic heterocycles. The Bertz CT molecular complexity index is 591. The molecule has 0 aliphatic rings. The molecule has 0 spiro atoms. The van der Waals surface area contributed by atoms with Gasteiger partial charge in [-0.25, -0.2) is 0 Å². The first-order valence-electron chi connectivity index (χ1n) is 4.63. The fourth-order valence-corrected chi connectivity index (χ4v) is 3.63. The molecule has 0 amide bonds. The van der Waals surface area contributed by atoms with Crippen molar-refractivity contribution in [2.75, 3.05) is 0 Å². The molecule has 108 valence electrons. The summed E-state index contributed by atoms with van der Waals surface area (Å²) in [6.07, 6.45) is -2.01. The van der Waals surface area contributed by atoms with Gasteiger partial charge in [0.1, 0.15) is 5.75 Å². The van der Waals surface area contributed by atoms with E-state index in [2.05, 4.69) is 22.6 Å². The maximum Gasteiger partial charge on any atom is 0.405 e. The van der Waals surface area contributed by atoms with Gasteiger partial charge >= 0.3 is 15.4 Å². The quantitative estimate of drug-likeness (QED) is 0.313. The van der Waals surface area contributed by atoms with Crippen molar-refractivity contribution in [1.82, 2.24) is 0 Å². The van der Waals surface area contributed by atoms with Gasteiger partial charge < -0.3 is 4.74 Å². The van der Waals surface area contributed by atoms with Crippen molar-refractivity contribution in [2.45, 2.75) is 18.3 Å². The van der Waals surface area contributed by atoms with Crippen molar-refractivity contribution < 1.29 is 26.5 Å². The summed E-state index contributed by atoms with van der Waals surface area (Å²) in [6, 6.07) is 3.25. The third-order valence-corrected chi connectivity index (χ3v) is 6.78.